The molecule has 0 N–H and O–H groups in total. The summed E-state index contributed by atoms with van der Waals surface area (Å²) in [6, 6.07) is 0. The third-order valence-corrected chi connectivity index (χ3v) is 2.46. The highest BCUT2D eigenvalue weighted by atomic mass is 127. The number of hydrogen-bond donors (Lipinski definition) is 0. The van der Waals surface area contributed by atoms with Crippen LogP contribution >= 0.6 is 22.6 Å². The highest BCUT2D eigenvalue weighted by Crippen LogP contribution is 2.20. The third kappa shape index (κ3) is 4.21. The number of nitrogens with zero attached hydrogens (tertiary/aromatic N) is 2. The first-order valence-electron chi connectivity index (χ1n) is 4.57. The van der Waals surface area contributed by atoms with E-state index in [0.717, 1.165) is 9.99 Å². The predicted molar refractivity (Wildman–Crippen MR) is 64.3 cm³/mol. The van der Waals surface area contributed by atoms with Gasteiger partial charge in [-0.25, -0.2) is 9.97 Å². The molecule has 1 aromatic heterocycles. The number of rotatable bonds is 3. The molecule has 0 radical (unpaired) electrons. The second kappa shape index (κ2) is 4.91. The van der Waals surface area contributed by atoms with E-state index >= 15 is 0 Å². The van der Waals surface area contributed by atoms with E-state index in [4.69, 9.17) is 4.74 Å². The molecule has 0 aromatic carbocycles. The van der Waals surface area contributed by atoms with Crippen molar-refractivity contribution in [2.75, 3.05) is 6.61 Å². The fraction of sp³-hybridized carbons (Fsp3) is 0.600. The molecule has 1 rings (SSSR count). The fourth-order valence-electron chi connectivity index (χ4n) is 0.862. The molecule has 0 amide bonds. The van der Waals surface area contributed by atoms with E-state index in [1.807, 2.05) is 0 Å². The van der Waals surface area contributed by atoms with Gasteiger partial charge >= 0.3 is 0 Å². The minimum absolute atomic E-state index is 0.304. The van der Waals surface area contributed by atoms with Gasteiger partial charge in [-0.3, -0.25) is 0 Å². The zero-order chi connectivity index (χ0) is 10.6. The Balaban J connectivity index is 2.43. The second-order valence-corrected chi connectivity index (χ2v) is 5.50. The van der Waals surface area contributed by atoms with Crippen molar-refractivity contribution in [1.82, 2.24) is 9.97 Å². The quantitative estimate of drug-likeness (QED) is 0.806. The maximum absolute atomic E-state index is 5.55. The topological polar surface area (TPSA) is 35.0 Å². The molecule has 3 nitrogen and oxygen atoms in total. The molecule has 0 spiro atoms. The van der Waals surface area contributed by atoms with E-state index in [1.165, 1.54) is 6.33 Å². The van der Waals surface area contributed by atoms with Crippen LogP contribution in [0, 0.1) is 8.99 Å². The molecule has 0 atom stereocenters. The number of aromatic nitrogens is 2. The van der Waals surface area contributed by atoms with Crippen LogP contribution in [0.5, 0.6) is 5.88 Å². The van der Waals surface area contributed by atoms with Crippen LogP contribution in [-0.2, 0) is 0 Å². The first-order chi connectivity index (χ1) is 6.49. The van der Waals surface area contributed by atoms with E-state index in [2.05, 4.69) is 53.3 Å². The highest BCUT2D eigenvalue weighted by Gasteiger charge is 2.10. The zero-order valence-corrected chi connectivity index (χ0v) is 10.9. The monoisotopic (exact) mass is 306 g/mol. The average molecular weight is 306 g/mol. The molecule has 14 heavy (non-hydrogen) atoms. The van der Waals surface area contributed by atoms with Gasteiger partial charge in [-0.05, 0) is 34.4 Å². The molecule has 0 saturated heterocycles. The van der Waals surface area contributed by atoms with E-state index < -0.39 is 0 Å². The minimum Gasteiger partial charge on any atom is -0.477 e. The molecule has 0 saturated carbocycles. The van der Waals surface area contributed by atoms with E-state index in [-0.39, 0.29) is 0 Å². The van der Waals surface area contributed by atoms with Crippen molar-refractivity contribution >= 4 is 22.6 Å². The van der Waals surface area contributed by atoms with Crippen LogP contribution in [0.3, 0.4) is 0 Å². The molecule has 4 heteroatoms. The Morgan fingerprint density at radius 3 is 2.71 bits per heavy atom. The van der Waals surface area contributed by atoms with Crippen LogP contribution in [0.2, 0.25) is 0 Å². The van der Waals surface area contributed by atoms with Crippen LogP contribution < -0.4 is 4.74 Å². The van der Waals surface area contributed by atoms with Gasteiger partial charge in [0.2, 0.25) is 5.88 Å². The Labute approximate surface area is 98.4 Å². The lowest BCUT2D eigenvalue weighted by molar-refractivity contribution is 0.234. The number of ether oxygens (including phenoxy) is 1. The molecule has 0 fully saturated rings. The lowest BCUT2D eigenvalue weighted by Gasteiger charge is -2.17. The molecule has 78 valence electrons. The maximum atomic E-state index is 5.55. The summed E-state index contributed by atoms with van der Waals surface area (Å²) in [5, 5.41) is 0. The first kappa shape index (κ1) is 11.7. The molecule has 0 bridgehead atoms. The Hall–Kier alpha value is -0.390. The maximum Gasteiger partial charge on any atom is 0.230 e. The van der Waals surface area contributed by atoms with Gasteiger partial charge in [-0.1, -0.05) is 20.8 Å². The van der Waals surface area contributed by atoms with E-state index in [0.29, 0.717) is 17.9 Å². The van der Waals surface area contributed by atoms with Gasteiger partial charge in [-0.2, -0.15) is 0 Å². The second-order valence-electron chi connectivity index (χ2n) is 4.33. The van der Waals surface area contributed by atoms with Crippen molar-refractivity contribution in [2.24, 2.45) is 5.41 Å². The zero-order valence-electron chi connectivity index (χ0n) is 8.75. The lowest BCUT2D eigenvalue weighted by Crippen LogP contribution is -2.12. The summed E-state index contributed by atoms with van der Waals surface area (Å²) < 4.78 is 6.51. The average Bonchev–Trinajstić information content (AvgIpc) is 2.06. The number of hydrogen-bond acceptors (Lipinski definition) is 3. The van der Waals surface area contributed by atoms with E-state index in [9.17, 15) is 0 Å². The molecule has 1 heterocycles. The van der Waals surface area contributed by atoms with Gasteiger partial charge in [0.15, 0.2) is 0 Å². The summed E-state index contributed by atoms with van der Waals surface area (Å²) >= 11 is 2.17. The SMILES string of the molecule is CC(C)(C)CCOc1ncncc1I. The van der Waals surface area contributed by atoms with Crippen molar-refractivity contribution in [3.63, 3.8) is 0 Å². The standard InChI is InChI=1S/C10H15IN2O/c1-10(2,3)4-5-14-9-8(11)6-12-7-13-9/h6-7H,4-5H2,1-3H3. The van der Waals surface area contributed by atoms with Crippen LogP contribution in [0.25, 0.3) is 0 Å². The Bertz CT molecular complexity index is 296. The van der Waals surface area contributed by atoms with Crippen molar-refractivity contribution in [1.29, 1.82) is 0 Å². The summed E-state index contributed by atoms with van der Waals surface area (Å²) in [4.78, 5) is 7.96. The Morgan fingerprint density at radius 2 is 2.14 bits per heavy atom. The summed E-state index contributed by atoms with van der Waals surface area (Å²) in [5.41, 5.74) is 0.304. The molecule has 0 aliphatic heterocycles. The van der Waals surface area contributed by atoms with Gasteiger partial charge < -0.3 is 4.74 Å². The third-order valence-electron chi connectivity index (χ3n) is 1.72. The lowest BCUT2D eigenvalue weighted by atomic mass is 9.93. The molecule has 1 aromatic rings. The Kier molecular flexibility index (Phi) is 4.10. The summed E-state index contributed by atoms with van der Waals surface area (Å²) in [6.07, 6.45) is 4.28. The molecular weight excluding hydrogens is 291 g/mol. The van der Waals surface area contributed by atoms with Crippen molar-refractivity contribution in [3.05, 3.63) is 16.1 Å². The smallest absolute Gasteiger partial charge is 0.230 e. The molecule has 0 aliphatic carbocycles. The van der Waals surface area contributed by atoms with Gasteiger partial charge in [0.1, 0.15) is 6.33 Å². The fourth-order valence-corrected chi connectivity index (χ4v) is 1.32. The van der Waals surface area contributed by atoms with Crippen LogP contribution in [-0.4, -0.2) is 16.6 Å². The summed E-state index contributed by atoms with van der Waals surface area (Å²) in [5.74, 6) is 0.685. The van der Waals surface area contributed by atoms with Gasteiger partial charge in [0.05, 0.1) is 10.2 Å². The summed E-state index contributed by atoms with van der Waals surface area (Å²) in [6.45, 7) is 7.29. The van der Waals surface area contributed by atoms with Crippen LogP contribution in [0.15, 0.2) is 12.5 Å². The minimum atomic E-state index is 0.304. The molecule has 0 aliphatic rings. The largest absolute Gasteiger partial charge is 0.477 e. The van der Waals surface area contributed by atoms with Crippen molar-refractivity contribution in [2.45, 2.75) is 27.2 Å². The van der Waals surface area contributed by atoms with Gasteiger partial charge in [-0.15, -0.1) is 0 Å². The summed E-state index contributed by atoms with van der Waals surface area (Å²) in [7, 11) is 0. The Morgan fingerprint density at radius 1 is 1.43 bits per heavy atom. The predicted octanol–water partition coefficient (Wildman–Crippen LogP) is 2.90. The molecule has 0 unspecified atom stereocenters. The van der Waals surface area contributed by atoms with Gasteiger partial charge in [0.25, 0.3) is 0 Å². The van der Waals surface area contributed by atoms with Crippen molar-refractivity contribution in [3.8, 4) is 5.88 Å². The van der Waals surface area contributed by atoms with Crippen LogP contribution in [0.1, 0.15) is 27.2 Å². The molecular formula is C10H15IN2O. The van der Waals surface area contributed by atoms with Gasteiger partial charge in [0, 0.05) is 6.20 Å². The normalized spacial score (nSPS) is 11.4. The van der Waals surface area contributed by atoms with Crippen molar-refractivity contribution < 1.29 is 4.74 Å². The first-order valence-corrected chi connectivity index (χ1v) is 5.65. The van der Waals surface area contributed by atoms with Crippen LogP contribution in [0.4, 0.5) is 0 Å². The van der Waals surface area contributed by atoms with E-state index in [1.54, 1.807) is 6.20 Å². The highest BCUT2D eigenvalue weighted by molar-refractivity contribution is 14.1. The number of halogens is 1.